The summed E-state index contributed by atoms with van der Waals surface area (Å²) in [5.41, 5.74) is 6.46. The van der Waals surface area contributed by atoms with Crippen molar-refractivity contribution in [1.82, 2.24) is 4.72 Å². The number of hydrogen-bond acceptors (Lipinski definition) is 3. The van der Waals surface area contributed by atoms with Gasteiger partial charge in [-0.15, -0.1) is 0 Å². The molecule has 1 unspecified atom stereocenters. The molecule has 0 aliphatic heterocycles. The SMILES string of the molecule is CCc1ccc(S(=O)(=O)NC(C)C(N)=S)cc1. The lowest BCUT2D eigenvalue weighted by atomic mass is 10.2. The molecule has 94 valence electrons. The summed E-state index contributed by atoms with van der Waals surface area (Å²) in [5, 5.41) is 0. The van der Waals surface area contributed by atoms with Crippen LogP contribution in [-0.4, -0.2) is 19.4 Å². The van der Waals surface area contributed by atoms with Gasteiger partial charge in [0.1, 0.15) is 0 Å². The zero-order valence-electron chi connectivity index (χ0n) is 9.80. The van der Waals surface area contributed by atoms with E-state index in [0.717, 1.165) is 12.0 Å². The summed E-state index contributed by atoms with van der Waals surface area (Å²) in [4.78, 5) is 0.344. The minimum absolute atomic E-state index is 0.124. The predicted molar refractivity (Wildman–Crippen MR) is 72.4 cm³/mol. The van der Waals surface area contributed by atoms with Gasteiger partial charge in [0.05, 0.1) is 15.9 Å². The molecule has 3 N–H and O–H groups in total. The number of nitrogens with two attached hydrogens (primary N) is 1. The number of sulfonamides is 1. The maximum Gasteiger partial charge on any atom is 0.241 e. The van der Waals surface area contributed by atoms with Crippen LogP contribution < -0.4 is 10.5 Å². The van der Waals surface area contributed by atoms with E-state index in [9.17, 15) is 8.42 Å². The minimum Gasteiger partial charge on any atom is -0.392 e. The molecule has 0 amide bonds. The van der Waals surface area contributed by atoms with Crippen molar-refractivity contribution < 1.29 is 8.42 Å². The number of rotatable bonds is 5. The standard InChI is InChI=1S/C11H16N2O2S2/c1-3-9-4-6-10(7-5-9)17(14,15)13-8(2)11(12)16/h4-8,13H,3H2,1-2H3,(H2,12,16). The summed E-state index contributed by atoms with van der Waals surface area (Å²) >= 11 is 4.73. The van der Waals surface area contributed by atoms with Crippen molar-refractivity contribution in [3.05, 3.63) is 29.8 Å². The summed E-state index contributed by atoms with van der Waals surface area (Å²) in [7, 11) is -3.55. The van der Waals surface area contributed by atoms with Gasteiger partial charge in [-0.3, -0.25) is 0 Å². The van der Waals surface area contributed by atoms with Crippen LogP contribution in [-0.2, 0) is 16.4 Å². The minimum atomic E-state index is -3.55. The summed E-state index contributed by atoms with van der Waals surface area (Å²) in [6, 6.07) is 6.18. The number of hydrogen-bond donors (Lipinski definition) is 2. The Morgan fingerprint density at radius 2 is 1.94 bits per heavy atom. The Labute approximate surface area is 107 Å². The lowest BCUT2D eigenvalue weighted by Crippen LogP contribution is -2.41. The monoisotopic (exact) mass is 272 g/mol. The molecule has 0 aromatic heterocycles. The molecule has 1 atom stereocenters. The summed E-state index contributed by atoms with van der Waals surface area (Å²) < 4.78 is 26.3. The highest BCUT2D eigenvalue weighted by molar-refractivity contribution is 7.89. The molecule has 6 heteroatoms. The van der Waals surface area contributed by atoms with Crippen LogP contribution in [0.1, 0.15) is 19.4 Å². The van der Waals surface area contributed by atoms with Gasteiger partial charge in [-0.2, -0.15) is 0 Å². The lowest BCUT2D eigenvalue weighted by molar-refractivity contribution is 0.579. The quantitative estimate of drug-likeness (QED) is 0.790. The molecule has 17 heavy (non-hydrogen) atoms. The number of aryl methyl sites for hydroxylation is 1. The Bertz CT molecular complexity index is 495. The van der Waals surface area contributed by atoms with Crippen LogP contribution in [0, 0.1) is 0 Å². The second-order valence-corrected chi connectivity index (χ2v) is 5.93. The summed E-state index contributed by atoms with van der Waals surface area (Å²) in [5.74, 6) is 0. The Balaban J connectivity index is 2.93. The van der Waals surface area contributed by atoms with Crippen LogP contribution in [0.15, 0.2) is 29.2 Å². The molecular formula is C11H16N2O2S2. The van der Waals surface area contributed by atoms with Gasteiger partial charge in [0.2, 0.25) is 10.0 Å². The van der Waals surface area contributed by atoms with E-state index in [4.69, 9.17) is 18.0 Å². The molecule has 0 heterocycles. The molecule has 1 aromatic rings. The van der Waals surface area contributed by atoms with Crippen molar-refractivity contribution in [2.75, 3.05) is 0 Å². The third-order valence-corrected chi connectivity index (χ3v) is 4.31. The Hall–Kier alpha value is -0.980. The van der Waals surface area contributed by atoms with E-state index in [0.29, 0.717) is 0 Å². The average Bonchev–Trinajstić information content (AvgIpc) is 2.28. The maximum atomic E-state index is 11.9. The van der Waals surface area contributed by atoms with E-state index in [-0.39, 0.29) is 9.88 Å². The largest absolute Gasteiger partial charge is 0.392 e. The van der Waals surface area contributed by atoms with E-state index in [1.807, 2.05) is 6.92 Å². The fourth-order valence-electron chi connectivity index (χ4n) is 1.26. The first-order chi connectivity index (χ1) is 7.86. The van der Waals surface area contributed by atoms with E-state index in [1.54, 1.807) is 31.2 Å². The van der Waals surface area contributed by atoms with Crippen LogP contribution in [0.5, 0.6) is 0 Å². The van der Waals surface area contributed by atoms with E-state index >= 15 is 0 Å². The average molecular weight is 272 g/mol. The van der Waals surface area contributed by atoms with Gasteiger partial charge in [-0.05, 0) is 31.0 Å². The maximum absolute atomic E-state index is 11.9. The van der Waals surface area contributed by atoms with E-state index < -0.39 is 16.1 Å². The van der Waals surface area contributed by atoms with Gasteiger partial charge in [0.25, 0.3) is 0 Å². The highest BCUT2D eigenvalue weighted by atomic mass is 32.2. The first kappa shape index (κ1) is 14.1. The Morgan fingerprint density at radius 1 is 1.41 bits per heavy atom. The third kappa shape index (κ3) is 3.76. The molecule has 1 aromatic carbocycles. The first-order valence-electron chi connectivity index (χ1n) is 5.27. The Morgan fingerprint density at radius 3 is 2.35 bits per heavy atom. The van der Waals surface area contributed by atoms with Crippen LogP contribution in [0.3, 0.4) is 0 Å². The molecule has 0 aliphatic rings. The summed E-state index contributed by atoms with van der Waals surface area (Å²) in [6.07, 6.45) is 0.872. The highest BCUT2D eigenvalue weighted by Gasteiger charge is 2.18. The first-order valence-corrected chi connectivity index (χ1v) is 7.16. The fourth-order valence-corrected chi connectivity index (χ4v) is 2.62. The smallest absolute Gasteiger partial charge is 0.241 e. The van der Waals surface area contributed by atoms with E-state index in [2.05, 4.69) is 4.72 Å². The van der Waals surface area contributed by atoms with Crippen molar-refractivity contribution in [2.24, 2.45) is 5.73 Å². The Kier molecular flexibility index (Phi) is 4.62. The molecule has 1 rings (SSSR count). The normalized spacial score (nSPS) is 13.3. The van der Waals surface area contributed by atoms with Crippen LogP contribution in [0.25, 0.3) is 0 Å². The van der Waals surface area contributed by atoms with E-state index in [1.165, 1.54) is 0 Å². The molecule has 0 bridgehead atoms. The second-order valence-electron chi connectivity index (χ2n) is 3.74. The third-order valence-electron chi connectivity index (χ3n) is 2.40. The van der Waals surface area contributed by atoms with Crippen molar-refractivity contribution in [2.45, 2.75) is 31.2 Å². The molecule has 0 fully saturated rings. The molecule has 0 saturated heterocycles. The molecular weight excluding hydrogens is 256 g/mol. The zero-order chi connectivity index (χ0) is 13.1. The van der Waals surface area contributed by atoms with Gasteiger partial charge in [0, 0.05) is 0 Å². The highest BCUT2D eigenvalue weighted by Crippen LogP contribution is 2.11. The van der Waals surface area contributed by atoms with Crippen molar-refractivity contribution >= 4 is 27.2 Å². The molecule has 0 spiro atoms. The van der Waals surface area contributed by atoms with Gasteiger partial charge < -0.3 is 5.73 Å². The van der Waals surface area contributed by atoms with Gasteiger partial charge in [-0.1, -0.05) is 31.3 Å². The van der Waals surface area contributed by atoms with Crippen molar-refractivity contribution in [3.8, 4) is 0 Å². The number of benzene rings is 1. The molecule has 0 saturated carbocycles. The van der Waals surface area contributed by atoms with Crippen LogP contribution in [0.2, 0.25) is 0 Å². The molecule has 0 radical (unpaired) electrons. The molecule has 0 aliphatic carbocycles. The predicted octanol–water partition coefficient (Wildman–Crippen LogP) is 1.20. The lowest BCUT2D eigenvalue weighted by Gasteiger charge is -2.12. The van der Waals surface area contributed by atoms with Crippen LogP contribution >= 0.6 is 12.2 Å². The van der Waals surface area contributed by atoms with Crippen molar-refractivity contribution in [1.29, 1.82) is 0 Å². The van der Waals surface area contributed by atoms with Gasteiger partial charge >= 0.3 is 0 Å². The van der Waals surface area contributed by atoms with Crippen molar-refractivity contribution in [3.63, 3.8) is 0 Å². The van der Waals surface area contributed by atoms with Gasteiger partial charge in [0.15, 0.2) is 0 Å². The summed E-state index contributed by atoms with van der Waals surface area (Å²) in [6.45, 7) is 3.62. The molecule has 4 nitrogen and oxygen atoms in total. The fraction of sp³-hybridized carbons (Fsp3) is 0.364. The zero-order valence-corrected chi connectivity index (χ0v) is 11.4. The topological polar surface area (TPSA) is 72.2 Å². The number of nitrogens with one attached hydrogen (secondary N) is 1. The number of thiocarbonyl (C=S) groups is 1. The van der Waals surface area contributed by atoms with Crippen LogP contribution in [0.4, 0.5) is 0 Å². The second kappa shape index (κ2) is 5.57. The van der Waals surface area contributed by atoms with Gasteiger partial charge in [-0.25, -0.2) is 13.1 Å².